The van der Waals surface area contributed by atoms with E-state index in [1.54, 1.807) is 0 Å². The molecule has 0 saturated heterocycles. The number of carbonyl (C=O) groups excluding carboxylic acids is 1. The Morgan fingerprint density at radius 2 is 2.25 bits per heavy atom. The number of halogens is 1. The van der Waals surface area contributed by atoms with Crippen molar-refractivity contribution in [3.05, 3.63) is 21.9 Å². The minimum absolute atomic E-state index is 0.132. The van der Waals surface area contributed by atoms with Gasteiger partial charge in [-0.25, -0.2) is 0 Å². The topological polar surface area (TPSA) is 20.3 Å². The molecule has 16 heavy (non-hydrogen) atoms. The Kier molecular flexibility index (Phi) is 5.29. The van der Waals surface area contributed by atoms with Gasteiger partial charge in [0.05, 0.1) is 4.88 Å². The highest BCUT2D eigenvalue weighted by atomic mass is 35.5. The zero-order valence-electron chi connectivity index (χ0n) is 10.00. The number of hydrogen-bond acceptors (Lipinski definition) is 2. The summed E-state index contributed by atoms with van der Waals surface area (Å²) in [5.74, 6) is 0.729. The van der Waals surface area contributed by atoms with E-state index in [1.165, 1.54) is 11.3 Å². The van der Waals surface area contributed by atoms with Gasteiger partial charge in [-0.2, -0.15) is 0 Å². The van der Waals surface area contributed by atoms with Crippen LogP contribution in [0.3, 0.4) is 0 Å². The first-order valence-electron chi connectivity index (χ1n) is 5.49. The summed E-state index contributed by atoms with van der Waals surface area (Å²) in [4.78, 5) is 15.0. The molecule has 1 heterocycles. The molecule has 2 nitrogen and oxygen atoms in total. The monoisotopic (exact) mass is 259 g/mol. The van der Waals surface area contributed by atoms with E-state index in [9.17, 15) is 4.79 Å². The van der Waals surface area contributed by atoms with Gasteiger partial charge in [-0.05, 0) is 44.2 Å². The van der Waals surface area contributed by atoms with Crippen LogP contribution >= 0.6 is 22.9 Å². The smallest absolute Gasteiger partial charge is 0.264 e. The summed E-state index contributed by atoms with van der Waals surface area (Å²) in [7, 11) is 0. The van der Waals surface area contributed by atoms with Crippen LogP contribution in [0.25, 0.3) is 0 Å². The van der Waals surface area contributed by atoms with Crippen molar-refractivity contribution in [3.8, 4) is 0 Å². The molecule has 1 amide bonds. The van der Waals surface area contributed by atoms with Gasteiger partial charge in [0.25, 0.3) is 5.91 Å². The zero-order valence-corrected chi connectivity index (χ0v) is 11.6. The van der Waals surface area contributed by atoms with Crippen LogP contribution in [0.2, 0.25) is 0 Å². The molecule has 0 aromatic carbocycles. The number of carbonyl (C=O) groups is 1. The molecule has 0 atom stereocenters. The molecule has 0 unspecified atom stereocenters. The van der Waals surface area contributed by atoms with E-state index < -0.39 is 0 Å². The van der Waals surface area contributed by atoms with Crippen molar-refractivity contribution in [1.29, 1.82) is 0 Å². The van der Waals surface area contributed by atoms with Crippen molar-refractivity contribution in [3.63, 3.8) is 0 Å². The van der Waals surface area contributed by atoms with Crippen LogP contribution in [0.4, 0.5) is 0 Å². The minimum Gasteiger partial charge on any atom is -0.335 e. The fraction of sp³-hybridized carbons (Fsp3) is 0.583. The summed E-state index contributed by atoms with van der Waals surface area (Å²) in [5, 5.41) is 1.96. The molecule has 0 bridgehead atoms. The Labute approximate surface area is 106 Å². The third-order valence-corrected chi connectivity index (χ3v) is 3.74. The zero-order chi connectivity index (χ0) is 12.1. The first-order valence-corrected chi connectivity index (χ1v) is 6.90. The number of thiophene rings is 1. The molecule has 0 aliphatic rings. The second-order valence-corrected chi connectivity index (χ2v) is 5.36. The van der Waals surface area contributed by atoms with Gasteiger partial charge >= 0.3 is 0 Å². The van der Waals surface area contributed by atoms with Gasteiger partial charge in [-0.15, -0.1) is 22.9 Å². The molecule has 90 valence electrons. The standard InChI is InChI=1S/C12H18ClNOS/c1-9(2)14(7-4-6-13)12(15)11-10(3)5-8-16-11/h5,8-9H,4,6-7H2,1-3H3. The molecule has 0 fully saturated rings. The third kappa shape index (κ3) is 3.22. The van der Waals surface area contributed by atoms with Crippen molar-refractivity contribution in [2.45, 2.75) is 33.2 Å². The maximum atomic E-state index is 12.3. The fourth-order valence-corrected chi connectivity index (χ4v) is 2.55. The summed E-state index contributed by atoms with van der Waals surface area (Å²) < 4.78 is 0. The average Bonchev–Trinajstić information content (AvgIpc) is 2.64. The van der Waals surface area contributed by atoms with Crippen LogP contribution in [0.1, 0.15) is 35.5 Å². The number of aryl methyl sites for hydroxylation is 1. The van der Waals surface area contributed by atoms with E-state index in [1.807, 2.05) is 37.1 Å². The van der Waals surface area contributed by atoms with E-state index in [4.69, 9.17) is 11.6 Å². The van der Waals surface area contributed by atoms with Crippen LogP contribution in [-0.4, -0.2) is 29.3 Å². The van der Waals surface area contributed by atoms with Gasteiger partial charge < -0.3 is 4.90 Å². The van der Waals surface area contributed by atoms with Crippen LogP contribution in [0, 0.1) is 6.92 Å². The Balaban J connectivity index is 2.79. The lowest BCUT2D eigenvalue weighted by atomic mass is 10.2. The first-order chi connectivity index (χ1) is 7.57. The van der Waals surface area contributed by atoms with E-state index in [0.717, 1.165) is 23.4 Å². The second kappa shape index (κ2) is 6.26. The molecule has 1 aromatic heterocycles. The Morgan fingerprint density at radius 1 is 1.56 bits per heavy atom. The molecule has 1 aromatic rings. The van der Waals surface area contributed by atoms with E-state index in [-0.39, 0.29) is 11.9 Å². The third-order valence-electron chi connectivity index (χ3n) is 2.47. The van der Waals surface area contributed by atoms with Crippen LogP contribution < -0.4 is 0 Å². The highest BCUT2D eigenvalue weighted by Crippen LogP contribution is 2.19. The van der Waals surface area contributed by atoms with Gasteiger partial charge in [0, 0.05) is 18.5 Å². The molecule has 0 aliphatic heterocycles. The molecule has 0 N–H and O–H groups in total. The highest BCUT2D eigenvalue weighted by Gasteiger charge is 2.20. The van der Waals surface area contributed by atoms with Crippen molar-refractivity contribution < 1.29 is 4.79 Å². The lowest BCUT2D eigenvalue weighted by Gasteiger charge is -2.26. The normalized spacial score (nSPS) is 10.8. The number of alkyl halides is 1. The molecular weight excluding hydrogens is 242 g/mol. The predicted molar refractivity (Wildman–Crippen MR) is 70.6 cm³/mol. The summed E-state index contributed by atoms with van der Waals surface area (Å²) in [5.41, 5.74) is 1.06. The minimum atomic E-state index is 0.132. The Morgan fingerprint density at radius 3 is 2.69 bits per heavy atom. The molecule has 1 rings (SSSR count). The quantitative estimate of drug-likeness (QED) is 0.741. The van der Waals surface area contributed by atoms with Crippen LogP contribution in [0.5, 0.6) is 0 Å². The molecular formula is C12H18ClNOS. The van der Waals surface area contributed by atoms with Crippen molar-refractivity contribution in [2.24, 2.45) is 0 Å². The van der Waals surface area contributed by atoms with Gasteiger partial charge in [0.1, 0.15) is 0 Å². The van der Waals surface area contributed by atoms with Crippen molar-refractivity contribution >= 4 is 28.8 Å². The van der Waals surface area contributed by atoms with Gasteiger partial charge in [0.15, 0.2) is 0 Å². The number of rotatable bonds is 5. The molecule has 0 radical (unpaired) electrons. The first kappa shape index (κ1) is 13.5. The number of amides is 1. The second-order valence-electron chi connectivity index (χ2n) is 4.07. The number of hydrogen-bond donors (Lipinski definition) is 0. The van der Waals surface area contributed by atoms with Crippen molar-refractivity contribution in [1.82, 2.24) is 4.90 Å². The maximum Gasteiger partial charge on any atom is 0.264 e. The lowest BCUT2D eigenvalue weighted by Crippen LogP contribution is -2.37. The average molecular weight is 260 g/mol. The van der Waals surface area contributed by atoms with Gasteiger partial charge in [0.2, 0.25) is 0 Å². The predicted octanol–water partition coefficient (Wildman–Crippen LogP) is 3.54. The van der Waals surface area contributed by atoms with E-state index in [0.29, 0.717) is 5.88 Å². The van der Waals surface area contributed by atoms with E-state index >= 15 is 0 Å². The maximum absolute atomic E-state index is 12.3. The fourth-order valence-electron chi connectivity index (χ4n) is 1.55. The van der Waals surface area contributed by atoms with E-state index in [2.05, 4.69) is 0 Å². The molecule has 4 heteroatoms. The van der Waals surface area contributed by atoms with Crippen molar-refractivity contribution in [2.75, 3.05) is 12.4 Å². The Hall–Kier alpha value is -0.540. The number of nitrogens with zero attached hydrogens (tertiary/aromatic N) is 1. The Bertz CT molecular complexity index is 349. The van der Waals surface area contributed by atoms with Gasteiger partial charge in [-0.3, -0.25) is 4.79 Å². The summed E-state index contributed by atoms with van der Waals surface area (Å²) in [6.45, 7) is 6.78. The largest absolute Gasteiger partial charge is 0.335 e. The summed E-state index contributed by atoms with van der Waals surface area (Å²) in [6, 6.07) is 2.20. The lowest BCUT2D eigenvalue weighted by molar-refractivity contribution is 0.0711. The molecule has 0 spiro atoms. The van der Waals surface area contributed by atoms with Crippen LogP contribution in [-0.2, 0) is 0 Å². The van der Waals surface area contributed by atoms with Crippen LogP contribution in [0.15, 0.2) is 11.4 Å². The highest BCUT2D eigenvalue weighted by molar-refractivity contribution is 7.12. The molecule has 0 aliphatic carbocycles. The van der Waals surface area contributed by atoms with Gasteiger partial charge in [-0.1, -0.05) is 0 Å². The summed E-state index contributed by atoms with van der Waals surface area (Å²) in [6.07, 6.45) is 0.843. The molecule has 0 saturated carbocycles. The SMILES string of the molecule is Cc1ccsc1C(=O)N(CCCCl)C(C)C. The summed E-state index contributed by atoms with van der Waals surface area (Å²) >= 11 is 7.19.